The van der Waals surface area contributed by atoms with Crippen molar-refractivity contribution < 1.29 is 4.39 Å². The van der Waals surface area contributed by atoms with Crippen molar-refractivity contribution in [2.24, 2.45) is 5.73 Å². The zero-order valence-corrected chi connectivity index (χ0v) is 9.25. The fourth-order valence-corrected chi connectivity index (χ4v) is 2.22. The molecule has 1 aromatic heterocycles. The zero-order valence-electron chi connectivity index (χ0n) is 9.25. The molecule has 4 nitrogen and oxygen atoms in total. The molecule has 88 valence electrons. The van der Waals surface area contributed by atoms with Crippen molar-refractivity contribution in [1.82, 2.24) is 14.8 Å². The van der Waals surface area contributed by atoms with Gasteiger partial charge >= 0.3 is 0 Å². The molecule has 2 atom stereocenters. The number of nitrogens with zero attached hydrogens (tertiary/aromatic N) is 3. The maximum atomic E-state index is 13.5. The van der Waals surface area contributed by atoms with Crippen molar-refractivity contribution in [2.45, 2.75) is 25.2 Å². The predicted octanol–water partition coefficient (Wildman–Crippen LogP) is 1.69. The Kier molecular flexibility index (Phi) is 2.40. The maximum absolute atomic E-state index is 13.5. The van der Waals surface area contributed by atoms with Crippen LogP contribution in [-0.2, 0) is 6.54 Å². The van der Waals surface area contributed by atoms with Gasteiger partial charge in [-0.3, -0.25) is 0 Å². The fourth-order valence-electron chi connectivity index (χ4n) is 2.22. The first-order valence-corrected chi connectivity index (χ1v) is 5.64. The Hall–Kier alpha value is -1.75. The topological polar surface area (TPSA) is 56.7 Å². The standard InChI is InChI=1S/C12H13FN4/c13-9-6-10(14)12-16-15-11(17(12)7-9)8-4-2-1-3-5-8/h1-5,9-10H,6-7,14H2. The number of hydrogen-bond donors (Lipinski definition) is 1. The van der Waals surface area contributed by atoms with Crippen molar-refractivity contribution in [2.75, 3.05) is 0 Å². The summed E-state index contributed by atoms with van der Waals surface area (Å²) in [5.41, 5.74) is 6.80. The van der Waals surface area contributed by atoms with E-state index in [4.69, 9.17) is 5.73 Å². The smallest absolute Gasteiger partial charge is 0.164 e. The molecule has 0 amide bonds. The van der Waals surface area contributed by atoms with E-state index in [9.17, 15) is 4.39 Å². The Morgan fingerprint density at radius 3 is 2.76 bits per heavy atom. The number of fused-ring (bicyclic) bond motifs is 1. The number of nitrogens with two attached hydrogens (primary N) is 1. The van der Waals surface area contributed by atoms with Gasteiger partial charge in [0.25, 0.3) is 0 Å². The Labute approximate surface area is 98.3 Å². The molecule has 0 aliphatic carbocycles. The maximum Gasteiger partial charge on any atom is 0.164 e. The molecule has 2 unspecified atom stereocenters. The van der Waals surface area contributed by atoms with E-state index >= 15 is 0 Å². The molecular formula is C12H13FN4. The van der Waals surface area contributed by atoms with Gasteiger partial charge in [0.05, 0.1) is 12.6 Å². The number of hydrogen-bond acceptors (Lipinski definition) is 3. The summed E-state index contributed by atoms with van der Waals surface area (Å²) < 4.78 is 15.3. The first-order valence-electron chi connectivity index (χ1n) is 5.64. The Morgan fingerprint density at radius 1 is 1.24 bits per heavy atom. The van der Waals surface area contributed by atoms with Gasteiger partial charge in [-0.25, -0.2) is 4.39 Å². The van der Waals surface area contributed by atoms with Crippen molar-refractivity contribution in [3.05, 3.63) is 36.2 Å². The Bertz CT molecular complexity index is 523. The fraction of sp³-hybridized carbons (Fsp3) is 0.333. The molecule has 1 aliphatic heterocycles. The van der Waals surface area contributed by atoms with Gasteiger partial charge in [-0.1, -0.05) is 30.3 Å². The highest BCUT2D eigenvalue weighted by molar-refractivity contribution is 5.55. The van der Waals surface area contributed by atoms with Crippen LogP contribution in [0.1, 0.15) is 18.3 Å². The summed E-state index contributed by atoms with van der Waals surface area (Å²) in [6.45, 7) is 0.292. The second kappa shape index (κ2) is 3.92. The van der Waals surface area contributed by atoms with Gasteiger partial charge in [0.2, 0.25) is 0 Å². The first kappa shape index (κ1) is 10.4. The molecule has 0 saturated heterocycles. The number of alkyl halides is 1. The van der Waals surface area contributed by atoms with Gasteiger partial charge in [-0.15, -0.1) is 10.2 Å². The molecule has 0 saturated carbocycles. The van der Waals surface area contributed by atoms with Crippen molar-refractivity contribution in [3.8, 4) is 11.4 Å². The van der Waals surface area contributed by atoms with Gasteiger partial charge in [-0.05, 0) is 0 Å². The van der Waals surface area contributed by atoms with Crippen molar-refractivity contribution >= 4 is 0 Å². The second-order valence-electron chi connectivity index (χ2n) is 4.30. The Balaban J connectivity index is 2.09. The molecule has 2 heterocycles. The third-order valence-corrected chi connectivity index (χ3v) is 3.03. The largest absolute Gasteiger partial charge is 0.321 e. The molecule has 0 spiro atoms. The normalized spacial score (nSPS) is 23.4. The SMILES string of the molecule is NC1CC(F)Cn2c(-c3ccccc3)nnc21. The van der Waals surface area contributed by atoms with Crippen LogP contribution in [0.5, 0.6) is 0 Å². The highest BCUT2D eigenvalue weighted by Gasteiger charge is 2.28. The van der Waals surface area contributed by atoms with Crippen LogP contribution in [-0.4, -0.2) is 20.9 Å². The van der Waals surface area contributed by atoms with E-state index in [1.165, 1.54) is 0 Å². The molecule has 0 bridgehead atoms. The first-order chi connectivity index (χ1) is 8.25. The van der Waals surface area contributed by atoms with E-state index in [0.717, 1.165) is 5.56 Å². The van der Waals surface area contributed by atoms with Crippen LogP contribution in [0, 0.1) is 0 Å². The van der Waals surface area contributed by atoms with Crippen LogP contribution in [0.3, 0.4) is 0 Å². The monoisotopic (exact) mass is 232 g/mol. The third-order valence-electron chi connectivity index (χ3n) is 3.03. The average Bonchev–Trinajstić information content (AvgIpc) is 2.74. The minimum atomic E-state index is -0.920. The lowest BCUT2D eigenvalue weighted by atomic mass is 10.1. The van der Waals surface area contributed by atoms with Crippen molar-refractivity contribution in [3.63, 3.8) is 0 Å². The highest BCUT2D eigenvalue weighted by atomic mass is 19.1. The second-order valence-corrected chi connectivity index (χ2v) is 4.30. The van der Waals surface area contributed by atoms with Crippen LogP contribution < -0.4 is 5.73 Å². The zero-order chi connectivity index (χ0) is 11.8. The van der Waals surface area contributed by atoms with Gasteiger partial charge < -0.3 is 10.3 Å². The van der Waals surface area contributed by atoms with E-state index < -0.39 is 6.17 Å². The van der Waals surface area contributed by atoms with Crippen LogP contribution in [0.4, 0.5) is 4.39 Å². The molecule has 5 heteroatoms. The summed E-state index contributed by atoms with van der Waals surface area (Å²) in [6, 6.07) is 9.29. The van der Waals surface area contributed by atoms with Crippen LogP contribution >= 0.6 is 0 Å². The molecule has 0 fully saturated rings. The third kappa shape index (κ3) is 1.72. The lowest BCUT2D eigenvalue weighted by molar-refractivity contribution is 0.231. The minimum Gasteiger partial charge on any atom is -0.321 e. The van der Waals surface area contributed by atoms with E-state index in [-0.39, 0.29) is 6.04 Å². The number of rotatable bonds is 1. The van der Waals surface area contributed by atoms with Crippen molar-refractivity contribution in [1.29, 1.82) is 0 Å². The molecular weight excluding hydrogens is 219 g/mol. The Morgan fingerprint density at radius 2 is 2.00 bits per heavy atom. The molecule has 0 radical (unpaired) electrons. The lowest BCUT2D eigenvalue weighted by Crippen LogP contribution is -2.29. The van der Waals surface area contributed by atoms with Gasteiger partial charge in [0.15, 0.2) is 5.82 Å². The molecule has 2 aromatic rings. The number of aromatic nitrogens is 3. The quantitative estimate of drug-likeness (QED) is 0.814. The summed E-state index contributed by atoms with van der Waals surface area (Å²) in [7, 11) is 0. The molecule has 1 aromatic carbocycles. The van der Waals surface area contributed by atoms with E-state index in [1.807, 2.05) is 30.3 Å². The number of benzene rings is 1. The van der Waals surface area contributed by atoms with Gasteiger partial charge in [-0.2, -0.15) is 0 Å². The predicted molar refractivity (Wildman–Crippen MR) is 61.9 cm³/mol. The summed E-state index contributed by atoms with van der Waals surface area (Å²) in [6.07, 6.45) is -0.594. The molecule has 3 rings (SSSR count). The van der Waals surface area contributed by atoms with Crippen LogP contribution in [0.15, 0.2) is 30.3 Å². The van der Waals surface area contributed by atoms with Crippen LogP contribution in [0.2, 0.25) is 0 Å². The summed E-state index contributed by atoms with van der Waals surface area (Å²) in [5, 5.41) is 8.19. The molecule has 1 aliphatic rings. The van der Waals surface area contributed by atoms with Crippen LogP contribution in [0.25, 0.3) is 11.4 Å². The van der Waals surface area contributed by atoms with Gasteiger partial charge in [0.1, 0.15) is 12.0 Å². The molecule has 17 heavy (non-hydrogen) atoms. The lowest BCUT2D eigenvalue weighted by Gasteiger charge is -2.23. The van der Waals surface area contributed by atoms with Gasteiger partial charge in [0, 0.05) is 12.0 Å². The summed E-state index contributed by atoms with van der Waals surface area (Å²) in [4.78, 5) is 0. The van der Waals surface area contributed by atoms with E-state index in [2.05, 4.69) is 10.2 Å². The van der Waals surface area contributed by atoms with E-state index in [0.29, 0.717) is 24.6 Å². The van der Waals surface area contributed by atoms with E-state index in [1.54, 1.807) is 4.57 Å². The number of halogens is 1. The molecule has 2 N–H and O–H groups in total. The summed E-state index contributed by atoms with van der Waals surface area (Å²) >= 11 is 0. The summed E-state index contributed by atoms with van der Waals surface area (Å²) in [5.74, 6) is 1.37. The average molecular weight is 232 g/mol. The highest BCUT2D eigenvalue weighted by Crippen LogP contribution is 2.28. The minimum absolute atomic E-state index is 0.292.